The molecular formula is C21H28. The molecule has 0 aromatic heterocycles. The minimum atomic E-state index is 1.24. The monoisotopic (exact) mass is 280 g/mol. The first-order valence-electron chi connectivity index (χ1n) is 8.94. The van der Waals surface area contributed by atoms with Crippen molar-refractivity contribution in [1.29, 1.82) is 0 Å². The first kappa shape index (κ1) is 14.6. The summed E-state index contributed by atoms with van der Waals surface area (Å²) in [5, 5.41) is 0. The fourth-order valence-electron chi connectivity index (χ4n) is 3.61. The molecule has 0 amide bonds. The molecule has 0 heteroatoms. The lowest BCUT2D eigenvalue weighted by molar-refractivity contribution is 0.558. The van der Waals surface area contributed by atoms with E-state index in [9.17, 15) is 0 Å². The third-order valence-corrected chi connectivity index (χ3v) is 4.97. The van der Waals surface area contributed by atoms with E-state index in [1.807, 2.05) is 0 Å². The van der Waals surface area contributed by atoms with Gasteiger partial charge in [-0.2, -0.15) is 0 Å². The predicted octanol–water partition coefficient (Wildman–Crippen LogP) is 6.40. The fraction of sp³-hybridized carbons (Fsp3) is 0.524. The Balaban J connectivity index is 1.78. The Morgan fingerprint density at radius 1 is 0.476 bits per heavy atom. The molecule has 0 heterocycles. The van der Waals surface area contributed by atoms with Crippen LogP contribution in [-0.4, -0.2) is 0 Å². The molecule has 2 bridgehead atoms. The maximum absolute atomic E-state index is 2.37. The zero-order valence-corrected chi connectivity index (χ0v) is 13.2. The molecule has 0 unspecified atom stereocenters. The van der Waals surface area contributed by atoms with Gasteiger partial charge in [0.2, 0.25) is 0 Å². The second-order valence-corrected chi connectivity index (χ2v) is 6.65. The van der Waals surface area contributed by atoms with Crippen molar-refractivity contribution in [2.45, 2.75) is 70.6 Å². The van der Waals surface area contributed by atoms with Crippen molar-refractivity contribution >= 4 is 0 Å². The molecule has 0 radical (unpaired) electrons. The molecule has 3 aliphatic rings. The van der Waals surface area contributed by atoms with Crippen LogP contribution in [0.3, 0.4) is 0 Å². The van der Waals surface area contributed by atoms with E-state index in [1.54, 1.807) is 5.56 Å². The van der Waals surface area contributed by atoms with Crippen LogP contribution in [0, 0.1) is 0 Å². The topological polar surface area (TPSA) is 0 Å². The molecule has 0 saturated carbocycles. The second-order valence-electron chi connectivity index (χ2n) is 6.65. The maximum atomic E-state index is 2.37. The summed E-state index contributed by atoms with van der Waals surface area (Å²) in [6.45, 7) is 0. The first-order chi connectivity index (χ1) is 10.4. The molecule has 0 aromatic rings. The van der Waals surface area contributed by atoms with Crippen LogP contribution < -0.4 is 0 Å². The Bertz CT molecular complexity index is 526. The summed E-state index contributed by atoms with van der Waals surface area (Å²) in [6, 6.07) is 14.0. The average Bonchev–Trinajstić information content (AvgIpc) is 2.76. The van der Waals surface area contributed by atoms with Gasteiger partial charge in [-0.3, -0.25) is 0 Å². The largest absolute Gasteiger partial charge is 0.0584 e. The number of rotatable bonds is 0. The van der Waals surface area contributed by atoms with Gasteiger partial charge in [-0.25, -0.2) is 0 Å². The van der Waals surface area contributed by atoms with E-state index in [-0.39, 0.29) is 0 Å². The maximum Gasteiger partial charge on any atom is -0.0152 e. The van der Waals surface area contributed by atoms with Crippen molar-refractivity contribution in [2.75, 3.05) is 0 Å². The molecular weight excluding hydrogens is 252 g/mol. The molecule has 0 aliphatic heterocycles. The Hall–Kier alpha value is -1.30. The van der Waals surface area contributed by atoms with Crippen LogP contribution >= 0.6 is 0 Å². The highest BCUT2D eigenvalue weighted by Crippen LogP contribution is 2.29. The van der Waals surface area contributed by atoms with Crippen LogP contribution in [0.25, 0.3) is 11.1 Å². The van der Waals surface area contributed by atoms with E-state index in [1.165, 1.54) is 87.3 Å². The molecule has 3 aliphatic carbocycles. The van der Waals surface area contributed by atoms with Crippen LogP contribution in [0.15, 0.2) is 36.4 Å². The van der Waals surface area contributed by atoms with Gasteiger partial charge < -0.3 is 0 Å². The van der Waals surface area contributed by atoms with Crippen LogP contribution in [0.1, 0.15) is 68.9 Å². The fourth-order valence-corrected chi connectivity index (χ4v) is 3.61. The van der Waals surface area contributed by atoms with Gasteiger partial charge in [0.25, 0.3) is 0 Å². The van der Waals surface area contributed by atoms with Gasteiger partial charge in [0.1, 0.15) is 0 Å². The molecule has 21 heavy (non-hydrogen) atoms. The van der Waals surface area contributed by atoms with E-state index in [0.29, 0.717) is 0 Å². The smallest absolute Gasteiger partial charge is 0.0152 e. The van der Waals surface area contributed by atoms with Crippen LogP contribution in [0.5, 0.6) is 0 Å². The normalized spacial score (nSPS) is 18.3. The third kappa shape index (κ3) is 4.09. The van der Waals surface area contributed by atoms with Gasteiger partial charge in [0.15, 0.2) is 0 Å². The van der Waals surface area contributed by atoms with Crippen LogP contribution in [0.2, 0.25) is 0 Å². The average molecular weight is 280 g/mol. The van der Waals surface area contributed by atoms with E-state index in [4.69, 9.17) is 0 Å². The Morgan fingerprint density at radius 3 is 1.81 bits per heavy atom. The highest BCUT2D eigenvalue weighted by Gasteiger charge is 2.08. The summed E-state index contributed by atoms with van der Waals surface area (Å²) in [5.74, 6) is 0. The summed E-state index contributed by atoms with van der Waals surface area (Å²) in [7, 11) is 0. The minimum Gasteiger partial charge on any atom is -0.0584 e. The van der Waals surface area contributed by atoms with E-state index in [2.05, 4.69) is 36.4 Å². The van der Waals surface area contributed by atoms with E-state index in [0.717, 1.165) is 0 Å². The van der Waals surface area contributed by atoms with Crippen molar-refractivity contribution < 1.29 is 0 Å². The van der Waals surface area contributed by atoms with E-state index >= 15 is 0 Å². The van der Waals surface area contributed by atoms with Crippen LogP contribution in [-0.2, 0) is 12.8 Å². The van der Waals surface area contributed by atoms with Gasteiger partial charge >= 0.3 is 0 Å². The Kier molecular flexibility index (Phi) is 5.32. The highest BCUT2D eigenvalue weighted by atomic mass is 14.1. The van der Waals surface area contributed by atoms with Gasteiger partial charge in [0.05, 0.1) is 0 Å². The van der Waals surface area contributed by atoms with Gasteiger partial charge in [0, 0.05) is 0 Å². The van der Waals surface area contributed by atoms with Crippen molar-refractivity contribution in [2.24, 2.45) is 0 Å². The lowest BCUT2D eigenvalue weighted by Crippen LogP contribution is -1.87. The Labute approximate surface area is 129 Å². The molecule has 0 aromatic carbocycles. The summed E-state index contributed by atoms with van der Waals surface area (Å²) in [6.07, 6.45) is 15.2. The quantitative estimate of drug-likeness (QED) is 0.523. The molecule has 0 spiro atoms. The minimum absolute atomic E-state index is 1.24. The lowest BCUT2D eigenvalue weighted by Gasteiger charge is -2.04. The number of hydrogen-bond donors (Lipinski definition) is 0. The molecule has 0 fully saturated rings. The lowest BCUT2D eigenvalue weighted by atomic mass is 10.0. The summed E-state index contributed by atoms with van der Waals surface area (Å²) in [5.41, 5.74) is 5.96. The van der Waals surface area contributed by atoms with Gasteiger partial charge in [-0.15, -0.1) is 0 Å². The van der Waals surface area contributed by atoms with Crippen molar-refractivity contribution in [3.05, 3.63) is 47.5 Å². The van der Waals surface area contributed by atoms with Crippen molar-refractivity contribution in [1.82, 2.24) is 0 Å². The summed E-state index contributed by atoms with van der Waals surface area (Å²) >= 11 is 0. The van der Waals surface area contributed by atoms with Gasteiger partial charge in [-0.05, 0) is 47.9 Å². The molecule has 3 rings (SSSR count). The summed E-state index contributed by atoms with van der Waals surface area (Å²) in [4.78, 5) is 0. The number of hydrogen-bond acceptors (Lipinski definition) is 0. The molecule has 112 valence electrons. The standard InChI is InChI=1S/C21H28/c1-2-4-6-8-10-18-12-14-20-16-15-19(21(20)17-13-18)11-9-7-5-3-1/h12-17H,1-11H2. The first-order valence-corrected chi connectivity index (χ1v) is 8.94. The van der Waals surface area contributed by atoms with Crippen LogP contribution in [0.4, 0.5) is 0 Å². The Morgan fingerprint density at radius 2 is 1.05 bits per heavy atom. The second kappa shape index (κ2) is 7.64. The van der Waals surface area contributed by atoms with Crippen molar-refractivity contribution in [3.63, 3.8) is 0 Å². The zero-order valence-electron chi connectivity index (χ0n) is 13.2. The molecule has 0 nitrogen and oxygen atoms in total. The van der Waals surface area contributed by atoms with Gasteiger partial charge in [-0.1, -0.05) is 81.3 Å². The summed E-state index contributed by atoms with van der Waals surface area (Å²) < 4.78 is 0. The SMILES string of the molecule is c1cc2ccc3c-2ccc1CCCCCCCCCCC3. The molecule has 0 N–H and O–H groups in total. The zero-order chi connectivity index (χ0) is 14.3. The number of fused-ring (bicyclic) bond motifs is 2. The number of aryl methyl sites for hydroxylation is 2. The highest BCUT2D eigenvalue weighted by molar-refractivity contribution is 5.70. The van der Waals surface area contributed by atoms with E-state index < -0.39 is 0 Å². The molecule has 0 atom stereocenters. The third-order valence-electron chi connectivity index (χ3n) is 4.97. The van der Waals surface area contributed by atoms with Crippen molar-refractivity contribution in [3.8, 4) is 11.1 Å². The molecule has 0 saturated heterocycles. The predicted molar refractivity (Wildman–Crippen MR) is 92.0 cm³/mol.